The predicted octanol–water partition coefficient (Wildman–Crippen LogP) is 4.82. The Hall–Kier alpha value is -2.60. The van der Waals surface area contributed by atoms with Crippen molar-refractivity contribution in [2.24, 2.45) is 5.92 Å². The molecule has 29 heavy (non-hydrogen) atoms. The second-order valence-electron chi connectivity index (χ2n) is 7.34. The van der Waals surface area contributed by atoms with Gasteiger partial charge < -0.3 is 15.5 Å². The molecule has 1 aliphatic heterocycles. The first kappa shape index (κ1) is 21.1. The van der Waals surface area contributed by atoms with E-state index >= 15 is 0 Å². The average Bonchev–Trinajstić information content (AvgIpc) is 2.72. The lowest BCUT2D eigenvalue weighted by atomic mass is 9.93. The molecule has 0 radical (unpaired) electrons. The van der Waals surface area contributed by atoms with Crippen LogP contribution in [0.15, 0.2) is 48.5 Å². The van der Waals surface area contributed by atoms with Gasteiger partial charge in [-0.25, -0.2) is 9.18 Å². The Morgan fingerprint density at radius 3 is 2.72 bits per heavy atom. The third kappa shape index (κ3) is 6.75. The Bertz CT molecular complexity index is 844. The van der Waals surface area contributed by atoms with Crippen LogP contribution in [-0.4, -0.2) is 29.9 Å². The SMILES string of the molecule is O=C(CC[C@@H]1CCCN(C(=O)Nc2ccc(F)cc2)C1)NCc1cccc(Cl)c1. The quantitative estimate of drug-likeness (QED) is 0.707. The minimum Gasteiger partial charge on any atom is -0.352 e. The Kier molecular flexibility index (Phi) is 7.47. The molecule has 154 valence electrons. The van der Waals surface area contributed by atoms with Gasteiger partial charge >= 0.3 is 6.03 Å². The lowest BCUT2D eigenvalue weighted by Gasteiger charge is -2.32. The molecule has 5 nitrogen and oxygen atoms in total. The van der Waals surface area contributed by atoms with Crippen molar-refractivity contribution in [3.63, 3.8) is 0 Å². The van der Waals surface area contributed by atoms with Gasteiger partial charge in [-0.1, -0.05) is 23.7 Å². The van der Waals surface area contributed by atoms with Gasteiger partial charge in [0.25, 0.3) is 0 Å². The molecule has 0 aromatic heterocycles. The highest BCUT2D eigenvalue weighted by molar-refractivity contribution is 6.30. The van der Waals surface area contributed by atoms with Gasteiger partial charge in [0.2, 0.25) is 5.91 Å². The van der Waals surface area contributed by atoms with Gasteiger partial charge in [-0.2, -0.15) is 0 Å². The number of piperidine rings is 1. The maximum Gasteiger partial charge on any atom is 0.321 e. The Morgan fingerprint density at radius 1 is 1.17 bits per heavy atom. The van der Waals surface area contributed by atoms with Crippen LogP contribution in [0.4, 0.5) is 14.9 Å². The summed E-state index contributed by atoms with van der Waals surface area (Å²) in [6.07, 6.45) is 3.08. The Labute approximate surface area is 175 Å². The molecule has 2 aromatic carbocycles. The van der Waals surface area contributed by atoms with Gasteiger partial charge in [0.15, 0.2) is 0 Å². The van der Waals surface area contributed by atoms with Crippen molar-refractivity contribution in [3.05, 3.63) is 64.9 Å². The first-order valence-electron chi connectivity index (χ1n) is 9.82. The second kappa shape index (κ2) is 10.3. The number of likely N-dealkylation sites (tertiary alicyclic amines) is 1. The molecule has 2 N–H and O–H groups in total. The first-order chi connectivity index (χ1) is 14.0. The lowest BCUT2D eigenvalue weighted by molar-refractivity contribution is -0.121. The van der Waals surface area contributed by atoms with Crippen molar-refractivity contribution >= 4 is 29.2 Å². The summed E-state index contributed by atoms with van der Waals surface area (Å²) in [5.41, 5.74) is 1.53. The molecule has 2 aromatic rings. The molecule has 0 unspecified atom stereocenters. The summed E-state index contributed by atoms with van der Waals surface area (Å²) in [4.78, 5) is 26.4. The zero-order valence-corrected chi connectivity index (χ0v) is 16.9. The van der Waals surface area contributed by atoms with Crippen molar-refractivity contribution in [1.29, 1.82) is 0 Å². The molecule has 0 bridgehead atoms. The van der Waals surface area contributed by atoms with Crippen molar-refractivity contribution in [1.82, 2.24) is 10.2 Å². The third-order valence-electron chi connectivity index (χ3n) is 5.06. The molecule has 1 fully saturated rings. The summed E-state index contributed by atoms with van der Waals surface area (Å²) in [6.45, 7) is 1.76. The maximum absolute atomic E-state index is 13.0. The van der Waals surface area contributed by atoms with Gasteiger partial charge in [-0.05, 0) is 67.1 Å². The van der Waals surface area contributed by atoms with Gasteiger partial charge in [-0.3, -0.25) is 4.79 Å². The number of carbonyl (C=O) groups excluding carboxylic acids is 2. The largest absolute Gasteiger partial charge is 0.352 e. The van der Waals surface area contributed by atoms with Gasteiger partial charge in [0.05, 0.1) is 0 Å². The van der Waals surface area contributed by atoms with E-state index in [0.717, 1.165) is 24.8 Å². The summed E-state index contributed by atoms with van der Waals surface area (Å²) in [5.74, 6) is -0.0489. The Balaban J connectivity index is 1.41. The second-order valence-corrected chi connectivity index (χ2v) is 7.77. The van der Waals surface area contributed by atoms with Crippen molar-refractivity contribution < 1.29 is 14.0 Å². The van der Waals surface area contributed by atoms with E-state index in [0.29, 0.717) is 42.7 Å². The van der Waals surface area contributed by atoms with E-state index in [2.05, 4.69) is 10.6 Å². The molecule has 0 spiro atoms. The molecule has 1 atom stereocenters. The van der Waals surface area contributed by atoms with Crippen molar-refractivity contribution in [3.8, 4) is 0 Å². The number of nitrogens with zero attached hydrogens (tertiary/aromatic N) is 1. The number of hydrogen-bond donors (Lipinski definition) is 2. The number of carbonyl (C=O) groups is 2. The van der Waals surface area contributed by atoms with Crippen LogP contribution in [0.25, 0.3) is 0 Å². The molecular weight excluding hydrogens is 393 g/mol. The van der Waals surface area contributed by atoms with Crippen molar-refractivity contribution in [2.45, 2.75) is 32.2 Å². The number of benzene rings is 2. The highest BCUT2D eigenvalue weighted by atomic mass is 35.5. The zero-order chi connectivity index (χ0) is 20.6. The van der Waals surface area contributed by atoms with Gasteiger partial charge in [0, 0.05) is 36.8 Å². The van der Waals surface area contributed by atoms with Gasteiger partial charge in [-0.15, -0.1) is 0 Å². The van der Waals surface area contributed by atoms with E-state index in [4.69, 9.17) is 11.6 Å². The summed E-state index contributed by atoms with van der Waals surface area (Å²) >= 11 is 5.95. The first-order valence-corrected chi connectivity index (χ1v) is 10.2. The fraction of sp³-hybridized carbons (Fsp3) is 0.364. The van der Waals surface area contributed by atoms with E-state index in [1.807, 2.05) is 18.2 Å². The van der Waals surface area contributed by atoms with E-state index in [-0.39, 0.29) is 17.8 Å². The maximum atomic E-state index is 13.0. The molecule has 3 amide bonds. The standard InChI is InChI=1S/C22H25ClFN3O2/c23-18-5-1-3-17(13-18)14-25-21(28)11-6-16-4-2-12-27(15-16)22(29)26-20-9-7-19(24)8-10-20/h1,3,5,7-10,13,16H,2,4,6,11-12,14-15H2,(H,25,28)(H,26,29)/t16-/m0/s1. The van der Waals surface area contributed by atoms with Crippen LogP contribution in [-0.2, 0) is 11.3 Å². The van der Waals surface area contributed by atoms with Crippen molar-refractivity contribution in [2.75, 3.05) is 18.4 Å². The number of hydrogen-bond acceptors (Lipinski definition) is 2. The van der Waals surface area contributed by atoms with Crippen LogP contribution in [0.2, 0.25) is 5.02 Å². The highest BCUT2D eigenvalue weighted by Gasteiger charge is 2.24. The predicted molar refractivity (Wildman–Crippen MR) is 112 cm³/mol. The number of urea groups is 1. The summed E-state index contributed by atoms with van der Waals surface area (Å²) in [7, 11) is 0. The van der Waals surface area contributed by atoms with Crippen LogP contribution >= 0.6 is 11.6 Å². The average molecular weight is 418 g/mol. The monoisotopic (exact) mass is 417 g/mol. The fourth-order valence-electron chi connectivity index (χ4n) is 3.49. The normalized spacial score (nSPS) is 16.3. The minimum absolute atomic E-state index is 0.00198. The van der Waals surface area contributed by atoms with Crippen LogP contribution in [0.1, 0.15) is 31.2 Å². The number of anilines is 1. The fourth-order valence-corrected chi connectivity index (χ4v) is 3.70. The number of halogens is 2. The summed E-state index contributed by atoms with van der Waals surface area (Å²) in [5, 5.41) is 6.36. The zero-order valence-electron chi connectivity index (χ0n) is 16.2. The lowest BCUT2D eigenvalue weighted by Crippen LogP contribution is -2.42. The minimum atomic E-state index is -0.338. The number of rotatable bonds is 6. The van der Waals surface area contributed by atoms with Crippen LogP contribution in [0.5, 0.6) is 0 Å². The molecule has 7 heteroatoms. The smallest absolute Gasteiger partial charge is 0.321 e. The van der Waals surface area contributed by atoms with E-state index in [1.54, 1.807) is 23.1 Å². The number of nitrogens with one attached hydrogen (secondary N) is 2. The van der Waals surface area contributed by atoms with Crippen LogP contribution in [0, 0.1) is 11.7 Å². The summed E-state index contributed by atoms with van der Waals surface area (Å²) < 4.78 is 13.0. The molecule has 0 aliphatic carbocycles. The molecule has 1 saturated heterocycles. The van der Waals surface area contributed by atoms with E-state index in [9.17, 15) is 14.0 Å². The van der Waals surface area contributed by atoms with Crippen LogP contribution in [0.3, 0.4) is 0 Å². The van der Waals surface area contributed by atoms with E-state index < -0.39 is 0 Å². The third-order valence-corrected chi connectivity index (χ3v) is 5.30. The molecule has 1 heterocycles. The number of amides is 3. The molecular formula is C22H25ClFN3O2. The Morgan fingerprint density at radius 2 is 1.97 bits per heavy atom. The highest BCUT2D eigenvalue weighted by Crippen LogP contribution is 2.22. The summed E-state index contributed by atoms with van der Waals surface area (Å²) in [6, 6.07) is 12.9. The molecule has 1 aliphatic rings. The van der Waals surface area contributed by atoms with Crippen LogP contribution < -0.4 is 10.6 Å². The molecule has 0 saturated carbocycles. The topological polar surface area (TPSA) is 61.4 Å². The molecule has 3 rings (SSSR count). The van der Waals surface area contributed by atoms with Gasteiger partial charge in [0.1, 0.15) is 5.82 Å². The van der Waals surface area contributed by atoms with E-state index in [1.165, 1.54) is 12.1 Å².